The summed E-state index contributed by atoms with van der Waals surface area (Å²) in [7, 11) is 1.87. The van der Waals surface area contributed by atoms with Crippen molar-refractivity contribution in [1.29, 1.82) is 0 Å². The number of hydrogen-bond donors (Lipinski definition) is 0. The fourth-order valence-corrected chi connectivity index (χ4v) is 6.08. The molecule has 0 saturated carbocycles. The SMILES string of the molecule is CN(C(=O)c1ccsc1)[C@@H](Cc1ccccc1F)C1CCN(Cc2ccc3nsnc3c2)CC1. The van der Waals surface area contributed by atoms with Crippen molar-refractivity contribution in [3.8, 4) is 0 Å². The van der Waals surface area contributed by atoms with E-state index >= 15 is 0 Å². The zero-order chi connectivity index (χ0) is 23.5. The monoisotopic (exact) mass is 494 g/mol. The van der Waals surface area contributed by atoms with Gasteiger partial charge in [0.1, 0.15) is 16.9 Å². The molecule has 34 heavy (non-hydrogen) atoms. The number of fused-ring (bicyclic) bond motifs is 1. The van der Waals surface area contributed by atoms with E-state index in [1.807, 2.05) is 47.0 Å². The predicted molar refractivity (Wildman–Crippen MR) is 136 cm³/mol. The van der Waals surface area contributed by atoms with E-state index in [0.717, 1.165) is 43.5 Å². The first-order valence-electron chi connectivity index (χ1n) is 11.5. The van der Waals surface area contributed by atoms with Crippen LogP contribution < -0.4 is 0 Å². The number of carbonyl (C=O) groups excluding carboxylic acids is 1. The van der Waals surface area contributed by atoms with Crippen molar-refractivity contribution in [3.05, 3.63) is 81.8 Å². The van der Waals surface area contributed by atoms with Crippen molar-refractivity contribution in [3.63, 3.8) is 0 Å². The van der Waals surface area contributed by atoms with Crippen LogP contribution in [0.5, 0.6) is 0 Å². The number of halogens is 1. The highest BCUT2D eigenvalue weighted by Gasteiger charge is 2.32. The van der Waals surface area contributed by atoms with Gasteiger partial charge >= 0.3 is 0 Å². The Balaban J connectivity index is 1.29. The minimum Gasteiger partial charge on any atom is -0.338 e. The summed E-state index contributed by atoms with van der Waals surface area (Å²) in [6.07, 6.45) is 2.47. The maximum atomic E-state index is 14.5. The van der Waals surface area contributed by atoms with Gasteiger partial charge in [0.05, 0.1) is 17.3 Å². The number of hydrogen-bond acceptors (Lipinski definition) is 6. The van der Waals surface area contributed by atoms with Gasteiger partial charge in [0.25, 0.3) is 5.91 Å². The Labute approximate surface area is 207 Å². The summed E-state index contributed by atoms with van der Waals surface area (Å²) in [6, 6.07) is 15.0. The standard InChI is InChI=1S/C26H27FN4OS2/c1-30(26(32)21-10-13-33-17-21)25(15-20-4-2-3-5-22(20)27)19-8-11-31(12-9-19)16-18-6-7-23-24(14-18)29-34-28-23/h2-7,10,13-14,17,19,25H,8-9,11-12,15-16H2,1H3/t25-/m0/s1. The summed E-state index contributed by atoms with van der Waals surface area (Å²) in [6.45, 7) is 2.78. The largest absolute Gasteiger partial charge is 0.338 e. The van der Waals surface area contributed by atoms with Crippen LogP contribution >= 0.6 is 23.1 Å². The molecule has 1 aliphatic rings. The number of piperidine rings is 1. The molecule has 0 unspecified atom stereocenters. The third-order valence-corrected chi connectivity index (χ3v) is 8.11. The average molecular weight is 495 g/mol. The van der Waals surface area contributed by atoms with Crippen molar-refractivity contribution in [2.45, 2.75) is 31.8 Å². The second kappa shape index (κ2) is 10.3. The van der Waals surface area contributed by atoms with Gasteiger partial charge in [0.2, 0.25) is 0 Å². The fraction of sp³-hybridized carbons (Fsp3) is 0.346. The zero-order valence-corrected chi connectivity index (χ0v) is 20.7. The Morgan fingerprint density at radius 2 is 1.94 bits per heavy atom. The number of likely N-dealkylation sites (tertiary alicyclic amines) is 1. The number of rotatable bonds is 7. The van der Waals surface area contributed by atoms with Crippen LogP contribution in [0.25, 0.3) is 11.0 Å². The van der Waals surface area contributed by atoms with Gasteiger partial charge in [-0.15, -0.1) is 0 Å². The quantitative estimate of drug-likeness (QED) is 0.341. The second-order valence-electron chi connectivity index (χ2n) is 8.99. The van der Waals surface area contributed by atoms with Crippen LogP contribution in [-0.4, -0.2) is 50.6 Å². The number of thiophene rings is 1. The van der Waals surface area contributed by atoms with E-state index in [-0.39, 0.29) is 17.8 Å². The molecule has 0 radical (unpaired) electrons. The fourth-order valence-electron chi connectivity index (χ4n) is 4.93. The van der Waals surface area contributed by atoms with Crippen LogP contribution in [0.1, 0.15) is 34.3 Å². The molecule has 0 aliphatic carbocycles. The Bertz CT molecular complexity index is 1250. The third-order valence-electron chi connectivity index (χ3n) is 6.87. The van der Waals surface area contributed by atoms with Crippen LogP contribution in [0.3, 0.4) is 0 Å². The van der Waals surface area contributed by atoms with Crippen molar-refractivity contribution in [1.82, 2.24) is 18.5 Å². The molecule has 176 valence electrons. The topological polar surface area (TPSA) is 49.3 Å². The van der Waals surface area contributed by atoms with E-state index in [2.05, 4.69) is 25.8 Å². The number of carbonyl (C=O) groups is 1. The smallest absolute Gasteiger partial charge is 0.254 e. The van der Waals surface area contributed by atoms with E-state index in [1.165, 1.54) is 34.7 Å². The van der Waals surface area contributed by atoms with Gasteiger partial charge < -0.3 is 4.90 Å². The molecule has 0 spiro atoms. The number of nitrogens with zero attached hydrogens (tertiary/aromatic N) is 4. The summed E-state index contributed by atoms with van der Waals surface area (Å²) in [4.78, 5) is 17.5. The molecule has 8 heteroatoms. The van der Waals surface area contributed by atoms with Gasteiger partial charge in [-0.2, -0.15) is 20.1 Å². The molecule has 5 rings (SSSR count). The van der Waals surface area contributed by atoms with Crippen LogP contribution in [-0.2, 0) is 13.0 Å². The Morgan fingerprint density at radius 1 is 1.15 bits per heavy atom. The van der Waals surface area contributed by atoms with Crippen molar-refractivity contribution < 1.29 is 9.18 Å². The minimum absolute atomic E-state index is 0.00944. The maximum absolute atomic E-state index is 14.5. The zero-order valence-electron chi connectivity index (χ0n) is 19.1. The minimum atomic E-state index is -0.201. The lowest BCUT2D eigenvalue weighted by Gasteiger charge is -2.40. The summed E-state index contributed by atoms with van der Waals surface area (Å²) < 4.78 is 23.2. The van der Waals surface area contributed by atoms with Gasteiger partial charge in [-0.1, -0.05) is 24.3 Å². The third kappa shape index (κ3) is 5.04. The predicted octanol–water partition coefficient (Wildman–Crippen LogP) is 5.49. The Morgan fingerprint density at radius 3 is 2.71 bits per heavy atom. The normalized spacial score (nSPS) is 16.1. The molecule has 0 bridgehead atoms. The molecule has 1 fully saturated rings. The first kappa shape index (κ1) is 23.1. The van der Waals surface area contributed by atoms with Crippen molar-refractivity contribution in [2.75, 3.05) is 20.1 Å². The van der Waals surface area contributed by atoms with Crippen molar-refractivity contribution in [2.24, 2.45) is 5.92 Å². The highest BCUT2D eigenvalue weighted by Crippen LogP contribution is 2.29. The summed E-state index contributed by atoms with van der Waals surface area (Å²) in [5.74, 6) is 0.122. The molecule has 0 N–H and O–H groups in total. The number of aromatic nitrogens is 2. The van der Waals surface area contributed by atoms with E-state index in [1.54, 1.807) is 6.07 Å². The van der Waals surface area contributed by atoms with Crippen LogP contribution in [0.2, 0.25) is 0 Å². The number of benzene rings is 2. The molecular formula is C26H27FN4OS2. The van der Waals surface area contributed by atoms with Gasteiger partial charge in [-0.05, 0) is 79.0 Å². The van der Waals surface area contributed by atoms with Crippen LogP contribution in [0.4, 0.5) is 4.39 Å². The highest BCUT2D eigenvalue weighted by atomic mass is 32.1. The van der Waals surface area contributed by atoms with Gasteiger partial charge in [0.15, 0.2) is 0 Å². The molecule has 1 aliphatic heterocycles. The molecule has 1 atom stereocenters. The lowest BCUT2D eigenvalue weighted by Crippen LogP contribution is -2.47. The molecule has 4 aromatic rings. The number of amides is 1. The maximum Gasteiger partial charge on any atom is 0.254 e. The Hall–Kier alpha value is -2.68. The van der Waals surface area contributed by atoms with Gasteiger partial charge in [0, 0.05) is 25.0 Å². The van der Waals surface area contributed by atoms with E-state index in [9.17, 15) is 9.18 Å². The molecule has 2 aromatic heterocycles. The van der Waals surface area contributed by atoms with E-state index in [4.69, 9.17) is 0 Å². The molecule has 3 heterocycles. The lowest BCUT2D eigenvalue weighted by atomic mass is 9.84. The van der Waals surface area contributed by atoms with E-state index in [0.29, 0.717) is 23.5 Å². The average Bonchev–Trinajstić information content (AvgIpc) is 3.55. The lowest BCUT2D eigenvalue weighted by molar-refractivity contribution is 0.0584. The van der Waals surface area contributed by atoms with Crippen LogP contribution in [0, 0.1) is 11.7 Å². The highest BCUT2D eigenvalue weighted by molar-refractivity contribution is 7.08. The molecule has 1 amide bonds. The van der Waals surface area contributed by atoms with Gasteiger partial charge in [-0.25, -0.2) is 4.39 Å². The first-order chi connectivity index (χ1) is 16.6. The molecule has 2 aromatic carbocycles. The summed E-state index contributed by atoms with van der Waals surface area (Å²) in [5.41, 5.74) is 4.52. The molecule has 1 saturated heterocycles. The Kier molecular flexibility index (Phi) is 6.99. The van der Waals surface area contributed by atoms with Crippen LogP contribution in [0.15, 0.2) is 59.3 Å². The summed E-state index contributed by atoms with van der Waals surface area (Å²) in [5, 5.41) is 3.81. The second-order valence-corrected chi connectivity index (χ2v) is 10.3. The van der Waals surface area contributed by atoms with E-state index < -0.39 is 0 Å². The molecular weight excluding hydrogens is 467 g/mol. The van der Waals surface area contributed by atoms with Crippen molar-refractivity contribution >= 4 is 40.0 Å². The molecule has 5 nitrogen and oxygen atoms in total. The van der Waals surface area contributed by atoms with Gasteiger partial charge in [-0.3, -0.25) is 9.69 Å². The number of likely N-dealkylation sites (N-methyl/N-ethyl adjacent to an activating group) is 1. The first-order valence-corrected chi connectivity index (χ1v) is 13.2. The summed E-state index contributed by atoms with van der Waals surface area (Å²) >= 11 is 2.76.